The van der Waals surface area contributed by atoms with Gasteiger partial charge in [-0.3, -0.25) is 0 Å². The van der Waals surface area contributed by atoms with E-state index in [-0.39, 0.29) is 4.90 Å². The standard InChI is InChI=1S/C20H19N3O4S/c24-28(25,15-3-4-18-19(12-15)27-11-10-26-18)23-8-5-14(6-9-23)17-13-22-20-16(17)2-1-7-21-20/h1-5,7,12-13H,6,8-11H2,(H,21,22). The Morgan fingerprint density at radius 2 is 1.96 bits per heavy atom. The Balaban J connectivity index is 1.41. The fourth-order valence-corrected chi connectivity index (χ4v) is 5.06. The van der Waals surface area contributed by atoms with Gasteiger partial charge in [0.15, 0.2) is 11.5 Å². The van der Waals surface area contributed by atoms with E-state index in [1.165, 1.54) is 4.31 Å². The number of ether oxygens (including phenoxy) is 2. The number of hydrogen-bond donors (Lipinski definition) is 1. The Labute approximate surface area is 162 Å². The zero-order chi connectivity index (χ0) is 19.1. The summed E-state index contributed by atoms with van der Waals surface area (Å²) in [6.07, 6.45) is 6.31. The summed E-state index contributed by atoms with van der Waals surface area (Å²) in [5.74, 6) is 1.06. The SMILES string of the molecule is O=S(=O)(c1ccc2c(c1)OCCO2)N1CC=C(c2c[nH]c3ncccc23)CC1. The highest BCUT2D eigenvalue weighted by Crippen LogP contribution is 2.34. The van der Waals surface area contributed by atoms with Crippen LogP contribution in [0.25, 0.3) is 16.6 Å². The zero-order valence-electron chi connectivity index (χ0n) is 15.1. The summed E-state index contributed by atoms with van der Waals surface area (Å²) in [6.45, 7) is 1.66. The maximum atomic E-state index is 13.1. The van der Waals surface area contributed by atoms with Crippen LogP contribution >= 0.6 is 0 Å². The van der Waals surface area contributed by atoms with Crippen molar-refractivity contribution in [2.45, 2.75) is 11.3 Å². The van der Waals surface area contributed by atoms with Crippen LogP contribution < -0.4 is 9.47 Å². The smallest absolute Gasteiger partial charge is 0.243 e. The molecule has 8 heteroatoms. The van der Waals surface area contributed by atoms with Crippen molar-refractivity contribution in [2.24, 2.45) is 0 Å². The molecule has 0 aliphatic carbocycles. The molecule has 1 aromatic carbocycles. The van der Waals surface area contributed by atoms with E-state index in [1.807, 2.05) is 24.4 Å². The van der Waals surface area contributed by atoms with E-state index in [9.17, 15) is 8.42 Å². The molecule has 144 valence electrons. The van der Waals surface area contributed by atoms with Gasteiger partial charge in [-0.1, -0.05) is 6.08 Å². The summed E-state index contributed by atoms with van der Waals surface area (Å²) in [5, 5.41) is 1.05. The van der Waals surface area contributed by atoms with Gasteiger partial charge in [-0.25, -0.2) is 13.4 Å². The number of nitrogens with one attached hydrogen (secondary N) is 1. The van der Waals surface area contributed by atoms with Gasteiger partial charge in [0, 0.05) is 42.5 Å². The average molecular weight is 397 g/mol. The van der Waals surface area contributed by atoms with Crippen molar-refractivity contribution in [3.8, 4) is 11.5 Å². The number of aromatic nitrogens is 2. The van der Waals surface area contributed by atoms with Crippen LogP contribution in [0.2, 0.25) is 0 Å². The highest BCUT2D eigenvalue weighted by atomic mass is 32.2. The van der Waals surface area contributed by atoms with Gasteiger partial charge in [-0.15, -0.1) is 0 Å². The van der Waals surface area contributed by atoms with Crippen LogP contribution in [0.3, 0.4) is 0 Å². The maximum absolute atomic E-state index is 13.1. The number of aromatic amines is 1. The summed E-state index contributed by atoms with van der Waals surface area (Å²) in [5.41, 5.74) is 3.05. The van der Waals surface area contributed by atoms with Gasteiger partial charge in [-0.2, -0.15) is 4.31 Å². The van der Waals surface area contributed by atoms with Crippen LogP contribution in [0.4, 0.5) is 0 Å². The number of H-pyrrole nitrogens is 1. The molecule has 2 aromatic heterocycles. The summed E-state index contributed by atoms with van der Waals surface area (Å²) >= 11 is 0. The van der Waals surface area contributed by atoms with E-state index in [0.717, 1.165) is 22.2 Å². The van der Waals surface area contributed by atoms with E-state index in [0.29, 0.717) is 44.2 Å². The van der Waals surface area contributed by atoms with E-state index < -0.39 is 10.0 Å². The van der Waals surface area contributed by atoms with Gasteiger partial charge in [0.2, 0.25) is 10.0 Å². The van der Waals surface area contributed by atoms with Gasteiger partial charge in [0.25, 0.3) is 0 Å². The van der Waals surface area contributed by atoms with Crippen molar-refractivity contribution in [2.75, 3.05) is 26.3 Å². The topological polar surface area (TPSA) is 84.5 Å². The Kier molecular flexibility index (Phi) is 4.10. The van der Waals surface area contributed by atoms with E-state index in [4.69, 9.17) is 9.47 Å². The van der Waals surface area contributed by atoms with Crippen LogP contribution in [-0.2, 0) is 10.0 Å². The van der Waals surface area contributed by atoms with Crippen molar-refractivity contribution < 1.29 is 17.9 Å². The summed E-state index contributed by atoms with van der Waals surface area (Å²) < 4.78 is 38.6. The number of pyridine rings is 1. The first-order valence-electron chi connectivity index (χ1n) is 9.14. The molecule has 4 heterocycles. The lowest BCUT2D eigenvalue weighted by molar-refractivity contribution is 0.171. The Hall–Kier alpha value is -2.84. The molecule has 0 radical (unpaired) electrons. The molecule has 28 heavy (non-hydrogen) atoms. The van der Waals surface area contributed by atoms with Crippen LogP contribution in [0.1, 0.15) is 12.0 Å². The largest absolute Gasteiger partial charge is 0.486 e. The van der Waals surface area contributed by atoms with Gasteiger partial charge >= 0.3 is 0 Å². The second-order valence-corrected chi connectivity index (χ2v) is 8.69. The minimum atomic E-state index is -3.60. The van der Waals surface area contributed by atoms with Gasteiger partial charge in [0.1, 0.15) is 18.9 Å². The first-order valence-corrected chi connectivity index (χ1v) is 10.6. The molecule has 1 N–H and O–H groups in total. The van der Waals surface area contributed by atoms with E-state index in [2.05, 4.69) is 9.97 Å². The number of nitrogens with zero attached hydrogens (tertiary/aromatic N) is 2. The molecule has 0 fully saturated rings. The molecule has 0 spiro atoms. The molecule has 5 rings (SSSR count). The maximum Gasteiger partial charge on any atom is 0.243 e. The molecule has 0 bridgehead atoms. The first-order chi connectivity index (χ1) is 13.6. The predicted octanol–water partition coefficient (Wildman–Crippen LogP) is 2.81. The number of benzene rings is 1. The lowest BCUT2D eigenvalue weighted by Gasteiger charge is -2.26. The van der Waals surface area contributed by atoms with Crippen molar-refractivity contribution >= 4 is 26.6 Å². The van der Waals surface area contributed by atoms with Crippen LogP contribution in [-0.4, -0.2) is 49.0 Å². The molecule has 0 saturated carbocycles. The van der Waals surface area contributed by atoms with Gasteiger partial charge < -0.3 is 14.5 Å². The molecular formula is C20H19N3O4S. The van der Waals surface area contributed by atoms with Crippen molar-refractivity contribution in [1.29, 1.82) is 0 Å². The fraction of sp³-hybridized carbons (Fsp3) is 0.250. The zero-order valence-corrected chi connectivity index (χ0v) is 15.9. The highest BCUT2D eigenvalue weighted by molar-refractivity contribution is 7.89. The van der Waals surface area contributed by atoms with Crippen molar-refractivity contribution in [3.63, 3.8) is 0 Å². The van der Waals surface area contributed by atoms with Crippen molar-refractivity contribution in [3.05, 3.63) is 54.4 Å². The lowest BCUT2D eigenvalue weighted by atomic mass is 10.0. The monoisotopic (exact) mass is 397 g/mol. The predicted molar refractivity (Wildman–Crippen MR) is 105 cm³/mol. The lowest BCUT2D eigenvalue weighted by Crippen LogP contribution is -2.34. The Morgan fingerprint density at radius 1 is 1.11 bits per heavy atom. The molecule has 0 atom stereocenters. The third kappa shape index (κ3) is 2.85. The third-order valence-corrected chi connectivity index (χ3v) is 6.98. The quantitative estimate of drug-likeness (QED) is 0.735. The number of hydrogen-bond acceptors (Lipinski definition) is 5. The first kappa shape index (κ1) is 17.3. The Morgan fingerprint density at radius 3 is 2.79 bits per heavy atom. The third-order valence-electron chi connectivity index (χ3n) is 5.12. The highest BCUT2D eigenvalue weighted by Gasteiger charge is 2.28. The number of rotatable bonds is 3. The van der Waals surface area contributed by atoms with Gasteiger partial charge in [0.05, 0.1) is 4.90 Å². The second-order valence-electron chi connectivity index (χ2n) is 6.75. The molecule has 0 saturated heterocycles. The summed E-state index contributed by atoms with van der Waals surface area (Å²) in [6, 6.07) is 8.71. The average Bonchev–Trinajstić information content (AvgIpc) is 3.17. The van der Waals surface area contributed by atoms with Gasteiger partial charge in [-0.05, 0) is 36.3 Å². The molecule has 2 aliphatic rings. The van der Waals surface area contributed by atoms with Crippen molar-refractivity contribution in [1.82, 2.24) is 14.3 Å². The second kappa shape index (κ2) is 6.65. The molecule has 0 unspecified atom stereocenters. The molecule has 7 nitrogen and oxygen atoms in total. The molecule has 3 aromatic rings. The van der Waals surface area contributed by atoms with E-state index >= 15 is 0 Å². The summed E-state index contributed by atoms with van der Waals surface area (Å²) in [7, 11) is -3.60. The van der Waals surface area contributed by atoms with E-state index in [1.54, 1.807) is 24.4 Å². The Bertz CT molecular complexity index is 1180. The number of fused-ring (bicyclic) bond motifs is 2. The fourth-order valence-electron chi connectivity index (χ4n) is 3.67. The minimum Gasteiger partial charge on any atom is -0.486 e. The molecular weight excluding hydrogens is 378 g/mol. The van der Waals surface area contributed by atoms with Crippen LogP contribution in [0.5, 0.6) is 11.5 Å². The minimum absolute atomic E-state index is 0.227. The van der Waals surface area contributed by atoms with Crippen LogP contribution in [0, 0.1) is 0 Å². The van der Waals surface area contributed by atoms with Crippen LogP contribution in [0.15, 0.2) is 53.7 Å². The normalized spacial score (nSPS) is 17.5. The molecule has 2 aliphatic heterocycles. The number of sulfonamides is 1. The molecule has 0 amide bonds. The summed E-state index contributed by atoms with van der Waals surface area (Å²) in [4.78, 5) is 7.71.